The number of ether oxygens (including phenoxy) is 1. The Hall–Kier alpha value is -2.93. The molecule has 1 aromatic carbocycles. The molecule has 0 N–H and O–H groups in total. The number of hydrogen-bond acceptors (Lipinski definition) is 5. The second-order valence-corrected chi connectivity index (χ2v) is 7.49. The Morgan fingerprint density at radius 1 is 1.14 bits per heavy atom. The first kappa shape index (κ1) is 19.4. The van der Waals surface area contributed by atoms with Gasteiger partial charge in [-0.2, -0.15) is 0 Å². The zero-order valence-corrected chi connectivity index (χ0v) is 16.7. The summed E-state index contributed by atoms with van der Waals surface area (Å²) in [5.41, 5.74) is 1.93. The van der Waals surface area contributed by atoms with E-state index in [-0.39, 0.29) is 11.8 Å². The fraction of sp³-hybridized carbons (Fsp3) is 0.409. The lowest BCUT2D eigenvalue weighted by atomic mass is 10.1. The lowest BCUT2D eigenvalue weighted by molar-refractivity contribution is -0.133. The van der Waals surface area contributed by atoms with Crippen LogP contribution >= 0.6 is 0 Å². The number of carbonyl (C=O) groups is 2. The smallest absolute Gasteiger partial charge is 0.267 e. The SMILES string of the molecule is CC1Oc2ccccc2N(CCC(=O)N2CCN(Cc3cccnc3)CC2)C1=O. The van der Waals surface area contributed by atoms with Crippen LogP contribution in [0.3, 0.4) is 0 Å². The Kier molecular flexibility index (Phi) is 5.76. The van der Waals surface area contributed by atoms with Crippen LogP contribution in [0, 0.1) is 0 Å². The third-order valence-electron chi connectivity index (χ3n) is 5.48. The highest BCUT2D eigenvalue weighted by Gasteiger charge is 2.32. The van der Waals surface area contributed by atoms with Gasteiger partial charge in [-0.25, -0.2) is 0 Å². The summed E-state index contributed by atoms with van der Waals surface area (Å²) in [5.74, 6) is 0.685. The van der Waals surface area contributed by atoms with Gasteiger partial charge in [0.2, 0.25) is 5.91 Å². The molecule has 4 rings (SSSR count). The van der Waals surface area contributed by atoms with Gasteiger partial charge in [0.05, 0.1) is 5.69 Å². The van der Waals surface area contributed by atoms with Crippen LogP contribution in [0.4, 0.5) is 5.69 Å². The van der Waals surface area contributed by atoms with Gasteiger partial charge in [0, 0.05) is 58.1 Å². The Balaban J connectivity index is 1.30. The number of para-hydroxylation sites is 2. The summed E-state index contributed by atoms with van der Waals surface area (Å²) in [6, 6.07) is 11.5. The van der Waals surface area contributed by atoms with E-state index in [1.807, 2.05) is 41.4 Å². The minimum absolute atomic E-state index is 0.0930. The van der Waals surface area contributed by atoms with E-state index in [1.54, 1.807) is 18.0 Å². The van der Waals surface area contributed by atoms with Gasteiger partial charge >= 0.3 is 0 Å². The zero-order chi connectivity index (χ0) is 20.2. The maximum Gasteiger partial charge on any atom is 0.267 e. The lowest BCUT2D eigenvalue weighted by Gasteiger charge is -2.36. The number of aromatic nitrogens is 1. The zero-order valence-electron chi connectivity index (χ0n) is 16.7. The Labute approximate surface area is 170 Å². The van der Waals surface area contributed by atoms with Crippen molar-refractivity contribution in [2.24, 2.45) is 0 Å². The fourth-order valence-corrected chi connectivity index (χ4v) is 3.86. The predicted octanol–water partition coefficient (Wildman–Crippen LogP) is 1.93. The van der Waals surface area contributed by atoms with E-state index in [2.05, 4.69) is 16.0 Å². The van der Waals surface area contributed by atoms with Gasteiger partial charge < -0.3 is 14.5 Å². The molecule has 1 unspecified atom stereocenters. The van der Waals surface area contributed by atoms with Crippen LogP contribution in [0.5, 0.6) is 5.75 Å². The normalized spacial score (nSPS) is 19.6. The Bertz CT molecular complexity index is 865. The molecule has 2 amide bonds. The van der Waals surface area contributed by atoms with Gasteiger partial charge in [0.1, 0.15) is 5.75 Å². The minimum Gasteiger partial charge on any atom is -0.479 e. The van der Waals surface area contributed by atoms with Gasteiger partial charge in [-0.1, -0.05) is 18.2 Å². The number of hydrogen-bond donors (Lipinski definition) is 0. The summed E-state index contributed by atoms with van der Waals surface area (Å²) in [6.07, 6.45) is 3.44. The molecule has 2 aliphatic rings. The number of carbonyl (C=O) groups excluding carboxylic acids is 2. The van der Waals surface area contributed by atoms with E-state index in [4.69, 9.17) is 4.74 Å². The van der Waals surface area contributed by atoms with E-state index in [0.717, 1.165) is 25.3 Å². The number of anilines is 1. The highest BCUT2D eigenvalue weighted by molar-refractivity contribution is 6.00. The van der Waals surface area contributed by atoms with Gasteiger partial charge in [-0.3, -0.25) is 19.5 Å². The molecule has 0 bridgehead atoms. The average molecular weight is 394 g/mol. The number of benzene rings is 1. The molecule has 29 heavy (non-hydrogen) atoms. The Morgan fingerprint density at radius 3 is 2.69 bits per heavy atom. The van der Waals surface area contributed by atoms with Gasteiger partial charge in [-0.05, 0) is 30.7 Å². The first-order valence-electron chi connectivity index (χ1n) is 10.1. The molecule has 1 saturated heterocycles. The second kappa shape index (κ2) is 8.61. The van der Waals surface area contributed by atoms with Crippen molar-refractivity contribution < 1.29 is 14.3 Å². The quantitative estimate of drug-likeness (QED) is 0.775. The van der Waals surface area contributed by atoms with Crippen molar-refractivity contribution in [3.63, 3.8) is 0 Å². The number of amides is 2. The van der Waals surface area contributed by atoms with Crippen molar-refractivity contribution in [3.8, 4) is 5.75 Å². The van der Waals surface area contributed by atoms with E-state index in [9.17, 15) is 9.59 Å². The molecule has 7 nitrogen and oxygen atoms in total. The molecule has 1 aromatic heterocycles. The monoisotopic (exact) mass is 394 g/mol. The predicted molar refractivity (Wildman–Crippen MR) is 110 cm³/mol. The van der Waals surface area contributed by atoms with E-state index < -0.39 is 6.10 Å². The van der Waals surface area contributed by atoms with Crippen LogP contribution in [0.2, 0.25) is 0 Å². The first-order valence-corrected chi connectivity index (χ1v) is 10.1. The highest BCUT2D eigenvalue weighted by atomic mass is 16.5. The maximum absolute atomic E-state index is 12.7. The van der Waals surface area contributed by atoms with Crippen LogP contribution in [0.25, 0.3) is 0 Å². The fourth-order valence-electron chi connectivity index (χ4n) is 3.86. The van der Waals surface area contributed by atoms with Crippen molar-refractivity contribution in [1.82, 2.24) is 14.8 Å². The lowest BCUT2D eigenvalue weighted by Crippen LogP contribution is -2.50. The maximum atomic E-state index is 12.7. The van der Waals surface area contributed by atoms with E-state index >= 15 is 0 Å². The first-order chi connectivity index (χ1) is 14.1. The summed E-state index contributed by atoms with van der Waals surface area (Å²) < 4.78 is 5.66. The number of pyridine rings is 1. The topological polar surface area (TPSA) is 66.0 Å². The van der Waals surface area contributed by atoms with Crippen molar-refractivity contribution in [2.45, 2.75) is 26.0 Å². The van der Waals surface area contributed by atoms with Crippen molar-refractivity contribution >= 4 is 17.5 Å². The van der Waals surface area contributed by atoms with Crippen LogP contribution in [-0.4, -0.2) is 65.4 Å². The summed E-state index contributed by atoms with van der Waals surface area (Å²) in [4.78, 5) is 35.4. The molecule has 1 fully saturated rings. The number of fused-ring (bicyclic) bond motifs is 1. The highest BCUT2D eigenvalue weighted by Crippen LogP contribution is 2.33. The average Bonchev–Trinajstić information content (AvgIpc) is 2.75. The van der Waals surface area contributed by atoms with Crippen molar-refractivity contribution in [3.05, 3.63) is 54.4 Å². The summed E-state index contributed by atoms with van der Waals surface area (Å²) in [6.45, 7) is 6.08. The molecule has 0 radical (unpaired) electrons. The number of piperazine rings is 1. The second-order valence-electron chi connectivity index (χ2n) is 7.49. The van der Waals surface area contributed by atoms with E-state index in [0.29, 0.717) is 31.8 Å². The summed E-state index contributed by atoms with van der Waals surface area (Å²) in [5, 5.41) is 0. The summed E-state index contributed by atoms with van der Waals surface area (Å²) >= 11 is 0. The van der Waals surface area contributed by atoms with Gasteiger partial charge in [-0.15, -0.1) is 0 Å². The largest absolute Gasteiger partial charge is 0.479 e. The Morgan fingerprint density at radius 2 is 1.93 bits per heavy atom. The van der Waals surface area contributed by atoms with Crippen molar-refractivity contribution in [2.75, 3.05) is 37.6 Å². The van der Waals surface area contributed by atoms with Crippen molar-refractivity contribution in [1.29, 1.82) is 0 Å². The van der Waals surface area contributed by atoms with Crippen LogP contribution in [0.1, 0.15) is 18.9 Å². The van der Waals surface area contributed by atoms with Crippen LogP contribution < -0.4 is 9.64 Å². The molecular weight excluding hydrogens is 368 g/mol. The third-order valence-corrected chi connectivity index (χ3v) is 5.48. The molecule has 1 atom stereocenters. The molecule has 0 spiro atoms. The molecule has 7 heteroatoms. The van der Waals surface area contributed by atoms with Crippen LogP contribution in [-0.2, 0) is 16.1 Å². The van der Waals surface area contributed by atoms with Gasteiger partial charge in [0.15, 0.2) is 6.10 Å². The molecule has 0 saturated carbocycles. The summed E-state index contributed by atoms with van der Waals surface area (Å²) in [7, 11) is 0. The standard InChI is InChI=1S/C22H26N4O3/c1-17-22(28)26(19-6-2-3-7-20(19)29-17)10-8-21(27)25-13-11-24(12-14-25)16-18-5-4-9-23-15-18/h2-7,9,15,17H,8,10-14,16H2,1H3. The minimum atomic E-state index is -0.531. The molecule has 0 aliphatic carbocycles. The molecule has 2 aromatic rings. The third kappa shape index (κ3) is 4.40. The molecule has 2 aliphatic heterocycles. The molecule has 152 valence electrons. The van der Waals surface area contributed by atoms with Crippen LogP contribution in [0.15, 0.2) is 48.8 Å². The van der Waals surface area contributed by atoms with Gasteiger partial charge in [0.25, 0.3) is 5.91 Å². The van der Waals surface area contributed by atoms with E-state index in [1.165, 1.54) is 5.56 Å². The number of nitrogens with zero attached hydrogens (tertiary/aromatic N) is 4. The molecular formula is C22H26N4O3. The number of rotatable bonds is 5. The molecule has 3 heterocycles.